The van der Waals surface area contributed by atoms with Gasteiger partial charge in [-0.15, -0.1) is 5.10 Å². The summed E-state index contributed by atoms with van der Waals surface area (Å²) in [4.78, 5) is 41.3. The van der Waals surface area contributed by atoms with Crippen LogP contribution >= 0.6 is 11.6 Å². The molecule has 0 fully saturated rings. The number of halogens is 1. The van der Waals surface area contributed by atoms with E-state index in [1.807, 2.05) is 45.0 Å². The number of nitrogens with zero attached hydrogens (tertiary/aromatic N) is 4. The molecule has 1 aromatic heterocycles. The molecule has 0 saturated carbocycles. The minimum Gasteiger partial charge on any atom is -0.349 e. The lowest BCUT2D eigenvalue weighted by Crippen LogP contribution is -2.51. The normalized spacial score (nSPS) is 12.2. The zero-order valence-electron chi connectivity index (χ0n) is 21.8. The van der Waals surface area contributed by atoms with Crippen molar-refractivity contribution in [2.75, 3.05) is 4.90 Å². The number of amides is 2. The molecule has 0 unspecified atom stereocenters. The van der Waals surface area contributed by atoms with Crippen molar-refractivity contribution in [3.05, 3.63) is 88.9 Å². The first-order valence-electron chi connectivity index (χ1n) is 12.4. The molecule has 0 aliphatic rings. The molecule has 0 spiro atoms. The molecule has 1 atom stereocenters. The molecule has 4 aromatic rings. The highest BCUT2D eigenvalue weighted by Crippen LogP contribution is 2.31. The Balaban J connectivity index is 1.83. The van der Waals surface area contributed by atoms with E-state index in [-0.39, 0.29) is 24.1 Å². The quantitative estimate of drug-likeness (QED) is 0.293. The highest BCUT2D eigenvalue weighted by molar-refractivity contribution is 6.30. The number of hydrogen-bond donors (Lipinski definition) is 1. The molecule has 3 aromatic carbocycles. The highest BCUT2D eigenvalue weighted by Gasteiger charge is 2.35. The standard InChI is InChI=1S/C29H30ClN5O3/c1-5-29(3,4)31-28(38)27(21-10-14-22(30)15-11-21)35(23-16-12-20(13-17-23)19(2)36)26(37)18-34-25-9-7-6-8-24(25)32-33-34/h6-17,27H,5,18H2,1-4H3,(H,31,38)/t27-/m1/s1. The number of anilines is 1. The van der Waals surface area contributed by atoms with Crippen LogP contribution in [0.1, 0.15) is 56.1 Å². The molecule has 0 radical (unpaired) electrons. The van der Waals surface area contributed by atoms with Gasteiger partial charge in [-0.2, -0.15) is 0 Å². The Morgan fingerprint density at radius 2 is 1.66 bits per heavy atom. The van der Waals surface area contributed by atoms with E-state index in [0.29, 0.717) is 39.3 Å². The van der Waals surface area contributed by atoms with Gasteiger partial charge in [0.25, 0.3) is 0 Å². The van der Waals surface area contributed by atoms with Gasteiger partial charge in [-0.25, -0.2) is 4.68 Å². The number of carbonyl (C=O) groups is 3. The Kier molecular flexibility index (Phi) is 7.92. The lowest BCUT2D eigenvalue weighted by Gasteiger charge is -2.34. The molecule has 0 saturated heterocycles. The Morgan fingerprint density at radius 1 is 1.00 bits per heavy atom. The van der Waals surface area contributed by atoms with E-state index in [1.165, 1.54) is 16.5 Å². The van der Waals surface area contributed by atoms with E-state index < -0.39 is 11.6 Å². The van der Waals surface area contributed by atoms with Crippen LogP contribution in [-0.4, -0.2) is 38.1 Å². The molecular formula is C29H30ClN5O3. The van der Waals surface area contributed by atoms with E-state index in [4.69, 9.17) is 11.6 Å². The molecule has 0 aliphatic carbocycles. The van der Waals surface area contributed by atoms with Crippen molar-refractivity contribution in [1.29, 1.82) is 0 Å². The van der Waals surface area contributed by atoms with Crippen molar-refractivity contribution in [3.63, 3.8) is 0 Å². The number of carbonyl (C=O) groups excluding carboxylic acids is 3. The van der Waals surface area contributed by atoms with Crippen molar-refractivity contribution in [2.45, 2.75) is 52.2 Å². The lowest BCUT2D eigenvalue weighted by molar-refractivity contribution is -0.128. The molecule has 38 heavy (non-hydrogen) atoms. The number of ketones is 1. The van der Waals surface area contributed by atoms with Gasteiger partial charge in [-0.05, 0) is 81.3 Å². The largest absolute Gasteiger partial charge is 0.349 e. The van der Waals surface area contributed by atoms with Crippen LogP contribution in [0.25, 0.3) is 11.0 Å². The van der Waals surface area contributed by atoms with E-state index in [2.05, 4.69) is 15.6 Å². The molecular weight excluding hydrogens is 502 g/mol. The third kappa shape index (κ3) is 5.92. The van der Waals surface area contributed by atoms with Crippen molar-refractivity contribution >= 4 is 45.9 Å². The summed E-state index contributed by atoms with van der Waals surface area (Å²) in [5.41, 5.74) is 2.42. The number of fused-ring (bicyclic) bond motifs is 1. The molecule has 196 valence electrons. The molecule has 9 heteroatoms. The van der Waals surface area contributed by atoms with E-state index in [1.54, 1.807) is 48.5 Å². The number of hydrogen-bond acceptors (Lipinski definition) is 5. The second-order valence-corrected chi connectivity index (χ2v) is 10.2. The summed E-state index contributed by atoms with van der Waals surface area (Å²) in [6.45, 7) is 7.17. The van der Waals surface area contributed by atoms with Crippen LogP contribution in [-0.2, 0) is 16.1 Å². The predicted molar refractivity (Wildman–Crippen MR) is 148 cm³/mol. The number of Topliss-reactive ketones (excluding diaryl/α,β-unsaturated/α-hetero) is 1. The Bertz CT molecular complexity index is 1460. The molecule has 0 aliphatic heterocycles. The first-order chi connectivity index (χ1) is 18.1. The van der Waals surface area contributed by atoms with Gasteiger partial charge < -0.3 is 5.32 Å². The van der Waals surface area contributed by atoms with Crippen molar-refractivity contribution in [2.24, 2.45) is 0 Å². The molecule has 2 amide bonds. The van der Waals surface area contributed by atoms with Gasteiger partial charge in [-0.1, -0.05) is 48.0 Å². The second kappa shape index (κ2) is 11.1. The number of nitrogens with one attached hydrogen (secondary N) is 1. The van der Waals surface area contributed by atoms with Gasteiger partial charge in [0.2, 0.25) is 11.8 Å². The number of rotatable bonds is 9. The third-order valence-corrected chi connectivity index (χ3v) is 6.82. The van der Waals surface area contributed by atoms with Crippen molar-refractivity contribution < 1.29 is 14.4 Å². The Morgan fingerprint density at radius 3 is 2.29 bits per heavy atom. The molecule has 1 heterocycles. The fraction of sp³-hybridized carbons (Fsp3) is 0.276. The summed E-state index contributed by atoms with van der Waals surface area (Å²) in [5, 5.41) is 11.9. The minimum absolute atomic E-state index is 0.0970. The van der Waals surface area contributed by atoms with Gasteiger partial charge in [-0.3, -0.25) is 19.3 Å². The Hall–Kier alpha value is -4.04. The summed E-state index contributed by atoms with van der Waals surface area (Å²) in [5.74, 6) is -0.813. The summed E-state index contributed by atoms with van der Waals surface area (Å²) in [6, 6.07) is 19.8. The maximum atomic E-state index is 14.1. The van der Waals surface area contributed by atoms with Gasteiger partial charge in [0, 0.05) is 21.8 Å². The first-order valence-corrected chi connectivity index (χ1v) is 12.8. The van der Waals surface area contributed by atoms with Crippen LogP contribution in [0.15, 0.2) is 72.8 Å². The SMILES string of the molecule is CCC(C)(C)NC(=O)[C@@H](c1ccc(Cl)cc1)N(C(=O)Cn1nnc2ccccc21)c1ccc(C(C)=O)cc1. The third-order valence-electron chi connectivity index (χ3n) is 6.56. The lowest BCUT2D eigenvalue weighted by atomic mass is 9.98. The zero-order valence-corrected chi connectivity index (χ0v) is 22.6. The second-order valence-electron chi connectivity index (χ2n) is 9.78. The summed E-state index contributed by atoms with van der Waals surface area (Å²) in [7, 11) is 0. The smallest absolute Gasteiger partial charge is 0.249 e. The van der Waals surface area contributed by atoms with Crippen LogP contribution in [0.5, 0.6) is 0 Å². The van der Waals surface area contributed by atoms with Crippen molar-refractivity contribution in [3.8, 4) is 0 Å². The summed E-state index contributed by atoms with van der Waals surface area (Å²) in [6.07, 6.45) is 0.693. The molecule has 1 N–H and O–H groups in total. The van der Waals surface area contributed by atoms with Gasteiger partial charge in [0.05, 0.1) is 5.52 Å². The van der Waals surface area contributed by atoms with Crippen LogP contribution in [0, 0.1) is 0 Å². The first kappa shape index (κ1) is 27.0. The van der Waals surface area contributed by atoms with Crippen LogP contribution < -0.4 is 10.2 Å². The van der Waals surface area contributed by atoms with Gasteiger partial charge in [0.1, 0.15) is 18.1 Å². The molecule has 8 nitrogen and oxygen atoms in total. The zero-order chi connectivity index (χ0) is 27.4. The van der Waals surface area contributed by atoms with E-state index in [9.17, 15) is 14.4 Å². The Labute approximate surface area is 226 Å². The van der Waals surface area contributed by atoms with Gasteiger partial charge >= 0.3 is 0 Å². The van der Waals surface area contributed by atoms with Gasteiger partial charge in [0.15, 0.2) is 5.78 Å². The average molecular weight is 532 g/mol. The maximum absolute atomic E-state index is 14.1. The minimum atomic E-state index is -1.01. The fourth-order valence-corrected chi connectivity index (χ4v) is 4.21. The topological polar surface area (TPSA) is 97.2 Å². The predicted octanol–water partition coefficient (Wildman–Crippen LogP) is 5.37. The molecule has 4 rings (SSSR count). The van der Waals surface area contributed by atoms with Crippen molar-refractivity contribution in [1.82, 2.24) is 20.3 Å². The van der Waals surface area contributed by atoms with Crippen LogP contribution in [0.2, 0.25) is 5.02 Å². The maximum Gasteiger partial charge on any atom is 0.249 e. The van der Waals surface area contributed by atoms with E-state index in [0.717, 1.165) is 0 Å². The average Bonchev–Trinajstić information content (AvgIpc) is 3.30. The number of para-hydroxylation sites is 1. The van der Waals surface area contributed by atoms with Crippen LogP contribution in [0.3, 0.4) is 0 Å². The van der Waals surface area contributed by atoms with Crippen LogP contribution in [0.4, 0.5) is 5.69 Å². The van der Waals surface area contributed by atoms with E-state index >= 15 is 0 Å². The fourth-order valence-electron chi connectivity index (χ4n) is 4.09. The summed E-state index contributed by atoms with van der Waals surface area (Å²) < 4.78 is 1.52. The highest BCUT2D eigenvalue weighted by atomic mass is 35.5. The number of aromatic nitrogens is 3. The monoisotopic (exact) mass is 531 g/mol. The number of benzene rings is 3. The summed E-state index contributed by atoms with van der Waals surface area (Å²) >= 11 is 6.15. The molecule has 0 bridgehead atoms.